The molecule has 4 N–H and O–H groups in total. The molecule has 2 aromatic heterocycles. The first-order valence-electron chi connectivity index (χ1n) is 10.1. The fraction of sp³-hybridized carbons (Fsp3) is 0.476. The summed E-state index contributed by atoms with van der Waals surface area (Å²) >= 11 is 0. The van der Waals surface area contributed by atoms with Gasteiger partial charge in [-0.05, 0) is 39.7 Å². The monoisotopic (exact) mass is 397 g/mol. The van der Waals surface area contributed by atoms with Gasteiger partial charge >= 0.3 is 0 Å². The van der Waals surface area contributed by atoms with E-state index in [-0.39, 0.29) is 0 Å². The molecule has 3 heterocycles. The number of nitrogens with one attached hydrogen (secondary N) is 1. The highest BCUT2D eigenvalue weighted by Gasteiger charge is 2.21. The third kappa shape index (κ3) is 4.95. The minimum atomic E-state index is -1.04. The van der Waals surface area contributed by atoms with Crippen molar-refractivity contribution in [2.75, 3.05) is 23.3 Å². The zero-order valence-electron chi connectivity index (χ0n) is 17.5. The molecule has 8 nitrogen and oxygen atoms in total. The summed E-state index contributed by atoms with van der Waals surface area (Å²) in [4.78, 5) is 11.5. The fourth-order valence-electron chi connectivity index (χ4n) is 3.68. The van der Waals surface area contributed by atoms with Gasteiger partial charge in [-0.1, -0.05) is 25.5 Å². The topological polar surface area (TPSA) is 105 Å². The Morgan fingerprint density at radius 1 is 1.28 bits per heavy atom. The van der Waals surface area contributed by atoms with Crippen molar-refractivity contribution in [3.8, 4) is 0 Å². The Labute approximate surface area is 171 Å². The van der Waals surface area contributed by atoms with Crippen LogP contribution in [0.1, 0.15) is 46.5 Å². The van der Waals surface area contributed by atoms with Gasteiger partial charge in [0.15, 0.2) is 11.5 Å². The summed E-state index contributed by atoms with van der Waals surface area (Å²) in [5.74, 6) is 1.28. The summed E-state index contributed by atoms with van der Waals surface area (Å²) in [5.41, 5.74) is 7.44. The van der Waals surface area contributed by atoms with Crippen LogP contribution >= 0.6 is 0 Å². The second-order valence-corrected chi connectivity index (χ2v) is 7.87. The van der Waals surface area contributed by atoms with Gasteiger partial charge < -0.3 is 21.1 Å². The standard InChI is InChI=1S/C21H31N7O/c1-5-16(21(3,4)29)17(22)14-15(2)24-20-25-19-18(23-10-13-28(19)26-20)27-11-8-6-7-9-12-27/h5,10,13-14,29H,2,6-9,11-12,22H2,1,3-4H3,(H,24,26)/b16-5+,17-14+. The molecule has 0 bridgehead atoms. The predicted molar refractivity (Wildman–Crippen MR) is 117 cm³/mol. The minimum Gasteiger partial charge on any atom is -0.398 e. The molecule has 3 rings (SSSR count). The normalized spacial score (nSPS) is 16.8. The molecule has 156 valence electrons. The Bertz CT molecular complexity index is 928. The fourth-order valence-corrected chi connectivity index (χ4v) is 3.68. The van der Waals surface area contributed by atoms with E-state index >= 15 is 0 Å². The van der Waals surface area contributed by atoms with Gasteiger partial charge in [-0.2, -0.15) is 4.98 Å². The second-order valence-electron chi connectivity index (χ2n) is 7.87. The molecule has 1 fully saturated rings. The quantitative estimate of drug-likeness (QED) is 0.644. The van der Waals surface area contributed by atoms with Crippen LogP contribution < -0.4 is 16.0 Å². The smallest absolute Gasteiger partial charge is 0.247 e. The summed E-state index contributed by atoms with van der Waals surface area (Å²) in [7, 11) is 0. The highest BCUT2D eigenvalue weighted by atomic mass is 16.3. The number of rotatable bonds is 6. The predicted octanol–water partition coefficient (Wildman–Crippen LogP) is 2.99. The molecule has 0 spiro atoms. The van der Waals surface area contributed by atoms with Crippen molar-refractivity contribution >= 4 is 17.4 Å². The van der Waals surface area contributed by atoms with Crippen LogP contribution in [-0.2, 0) is 0 Å². The molecule has 0 saturated carbocycles. The number of hydrogen-bond donors (Lipinski definition) is 3. The molecule has 8 heteroatoms. The van der Waals surface area contributed by atoms with E-state index in [1.807, 2.05) is 6.92 Å². The lowest BCUT2D eigenvalue weighted by atomic mass is 9.95. The van der Waals surface area contributed by atoms with Crippen LogP contribution in [0.2, 0.25) is 0 Å². The average Bonchev–Trinajstić information content (AvgIpc) is 2.85. The number of hydrogen-bond acceptors (Lipinski definition) is 7. The molecule has 1 aliphatic rings. The Kier molecular flexibility index (Phi) is 6.22. The molecular weight excluding hydrogens is 366 g/mol. The number of nitrogens with two attached hydrogens (primary N) is 1. The van der Waals surface area contributed by atoms with Crippen molar-refractivity contribution < 1.29 is 5.11 Å². The van der Waals surface area contributed by atoms with Crippen LogP contribution in [0.15, 0.2) is 48.1 Å². The summed E-state index contributed by atoms with van der Waals surface area (Å²) in [6.07, 6.45) is 11.8. The van der Waals surface area contributed by atoms with Crippen LogP contribution in [0.3, 0.4) is 0 Å². The molecule has 1 aliphatic heterocycles. The van der Waals surface area contributed by atoms with Crippen molar-refractivity contribution in [3.63, 3.8) is 0 Å². The second kappa shape index (κ2) is 8.65. The highest BCUT2D eigenvalue weighted by Crippen LogP contribution is 2.23. The lowest BCUT2D eigenvalue weighted by Gasteiger charge is -2.22. The Morgan fingerprint density at radius 3 is 2.59 bits per heavy atom. The van der Waals surface area contributed by atoms with Gasteiger partial charge in [0.2, 0.25) is 5.95 Å². The van der Waals surface area contributed by atoms with E-state index in [4.69, 9.17) is 5.73 Å². The summed E-state index contributed by atoms with van der Waals surface area (Å²) in [6.45, 7) is 11.2. The summed E-state index contributed by atoms with van der Waals surface area (Å²) < 4.78 is 1.73. The zero-order chi connectivity index (χ0) is 21.0. The molecular formula is C21H31N7O. The Balaban J connectivity index is 1.81. The molecule has 0 radical (unpaired) electrons. The van der Waals surface area contributed by atoms with Crippen molar-refractivity contribution in [1.82, 2.24) is 19.6 Å². The van der Waals surface area contributed by atoms with Gasteiger partial charge in [0.1, 0.15) is 0 Å². The van der Waals surface area contributed by atoms with Gasteiger partial charge in [-0.25, -0.2) is 9.50 Å². The largest absolute Gasteiger partial charge is 0.398 e. The average molecular weight is 398 g/mol. The van der Waals surface area contributed by atoms with Gasteiger partial charge in [-0.3, -0.25) is 0 Å². The molecule has 0 amide bonds. The van der Waals surface area contributed by atoms with Crippen molar-refractivity contribution in [3.05, 3.63) is 48.1 Å². The van der Waals surface area contributed by atoms with E-state index < -0.39 is 5.60 Å². The van der Waals surface area contributed by atoms with E-state index in [0.717, 1.165) is 31.7 Å². The van der Waals surface area contributed by atoms with Gasteiger partial charge in [0, 0.05) is 42.5 Å². The maximum atomic E-state index is 10.2. The molecule has 0 aromatic carbocycles. The lowest BCUT2D eigenvalue weighted by Crippen LogP contribution is -2.26. The SMILES string of the molecule is C=C(/C=C(N)\C(=C/C)C(C)(C)O)Nc1nc2c(N3CCCCCC3)nccn2n1. The number of aromatic nitrogens is 4. The van der Waals surface area contributed by atoms with Gasteiger partial charge in [0.05, 0.1) is 5.60 Å². The minimum absolute atomic E-state index is 0.424. The number of fused-ring (bicyclic) bond motifs is 1. The van der Waals surface area contributed by atoms with Crippen molar-refractivity contribution in [2.45, 2.75) is 52.1 Å². The van der Waals surface area contributed by atoms with E-state index in [1.54, 1.807) is 42.9 Å². The van der Waals surface area contributed by atoms with Crippen LogP contribution in [0.25, 0.3) is 5.65 Å². The number of allylic oxidation sites excluding steroid dienone is 2. The number of nitrogens with zero attached hydrogens (tertiary/aromatic N) is 5. The van der Waals surface area contributed by atoms with Crippen molar-refractivity contribution in [1.29, 1.82) is 0 Å². The molecule has 1 saturated heterocycles. The maximum Gasteiger partial charge on any atom is 0.247 e. The summed E-state index contributed by atoms with van der Waals surface area (Å²) in [5, 5.41) is 17.8. The van der Waals surface area contributed by atoms with E-state index in [9.17, 15) is 5.11 Å². The van der Waals surface area contributed by atoms with Crippen molar-refractivity contribution in [2.24, 2.45) is 5.73 Å². The maximum absolute atomic E-state index is 10.2. The Morgan fingerprint density at radius 2 is 1.97 bits per heavy atom. The van der Waals surface area contributed by atoms with E-state index in [2.05, 4.69) is 31.9 Å². The van der Waals surface area contributed by atoms with Gasteiger partial charge in [-0.15, -0.1) is 5.10 Å². The van der Waals surface area contributed by atoms with E-state index in [0.29, 0.717) is 28.6 Å². The molecule has 29 heavy (non-hydrogen) atoms. The first kappa shape index (κ1) is 20.9. The van der Waals surface area contributed by atoms with Crippen LogP contribution in [0.5, 0.6) is 0 Å². The molecule has 0 unspecified atom stereocenters. The van der Waals surface area contributed by atoms with Crippen LogP contribution in [0, 0.1) is 0 Å². The zero-order valence-corrected chi connectivity index (χ0v) is 17.5. The lowest BCUT2D eigenvalue weighted by molar-refractivity contribution is 0.122. The number of anilines is 2. The molecule has 0 aliphatic carbocycles. The first-order valence-corrected chi connectivity index (χ1v) is 10.1. The van der Waals surface area contributed by atoms with Gasteiger partial charge in [0.25, 0.3) is 0 Å². The Hall–Kier alpha value is -2.87. The molecule has 2 aromatic rings. The first-order chi connectivity index (χ1) is 13.8. The van der Waals surface area contributed by atoms with Crippen LogP contribution in [0.4, 0.5) is 11.8 Å². The third-order valence-corrected chi connectivity index (χ3v) is 5.00. The number of aliphatic hydroxyl groups is 1. The highest BCUT2D eigenvalue weighted by molar-refractivity contribution is 5.65. The molecule has 0 atom stereocenters. The van der Waals surface area contributed by atoms with Crippen LogP contribution in [-0.4, -0.2) is 43.4 Å². The van der Waals surface area contributed by atoms with E-state index in [1.165, 1.54) is 12.8 Å². The third-order valence-electron chi connectivity index (χ3n) is 5.00. The summed E-state index contributed by atoms with van der Waals surface area (Å²) in [6, 6.07) is 0.